The van der Waals surface area contributed by atoms with Crippen LogP contribution in [0.2, 0.25) is 0 Å². The van der Waals surface area contributed by atoms with Crippen molar-refractivity contribution in [1.29, 1.82) is 0 Å². The Kier molecular flexibility index (Phi) is 8.22. The Hall–Kier alpha value is -2.75. The van der Waals surface area contributed by atoms with Crippen LogP contribution in [0.15, 0.2) is 52.4 Å². The molecule has 0 saturated heterocycles. The van der Waals surface area contributed by atoms with Gasteiger partial charge in [-0.05, 0) is 49.5 Å². The SMILES string of the molecule is O=C(CCNC[C@H](O)c1ccc(F)cc1)N1CCc2nc(SC3CCC3)n(C3=CC=CCC3)c(=O)c2C1. The number of halogens is 1. The van der Waals surface area contributed by atoms with Gasteiger partial charge in [0.25, 0.3) is 5.56 Å². The third-order valence-electron chi connectivity index (χ3n) is 7.26. The van der Waals surface area contributed by atoms with Crippen molar-refractivity contribution in [2.45, 2.75) is 68.0 Å². The molecule has 1 atom stereocenters. The first-order valence-corrected chi connectivity index (χ1v) is 14.0. The topological polar surface area (TPSA) is 87.5 Å². The van der Waals surface area contributed by atoms with E-state index in [1.54, 1.807) is 33.4 Å². The fourth-order valence-electron chi connectivity index (χ4n) is 4.81. The summed E-state index contributed by atoms with van der Waals surface area (Å²) in [4.78, 5) is 33.4. The zero-order chi connectivity index (χ0) is 25.8. The van der Waals surface area contributed by atoms with Crippen LogP contribution in [0.5, 0.6) is 0 Å². The Morgan fingerprint density at radius 1 is 1.24 bits per heavy atom. The van der Waals surface area contributed by atoms with Gasteiger partial charge in [0.05, 0.1) is 23.9 Å². The van der Waals surface area contributed by atoms with Crippen molar-refractivity contribution in [3.63, 3.8) is 0 Å². The number of aliphatic hydroxyl groups excluding tert-OH is 1. The highest BCUT2D eigenvalue weighted by Crippen LogP contribution is 2.37. The average Bonchev–Trinajstić information content (AvgIpc) is 2.89. The molecule has 1 saturated carbocycles. The van der Waals surface area contributed by atoms with E-state index in [4.69, 9.17) is 4.98 Å². The largest absolute Gasteiger partial charge is 0.387 e. The van der Waals surface area contributed by atoms with Crippen LogP contribution in [-0.2, 0) is 17.8 Å². The predicted octanol–water partition coefficient (Wildman–Crippen LogP) is 3.82. The highest BCUT2D eigenvalue weighted by atomic mass is 32.2. The van der Waals surface area contributed by atoms with Crippen molar-refractivity contribution in [2.75, 3.05) is 19.6 Å². The summed E-state index contributed by atoms with van der Waals surface area (Å²) in [6, 6.07) is 5.73. The monoisotopic (exact) mass is 524 g/mol. The molecular weight excluding hydrogens is 491 g/mol. The van der Waals surface area contributed by atoms with E-state index in [1.807, 2.05) is 12.2 Å². The van der Waals surface area contributed by atoms with Gasteiger partial charge in [0.1, 0.15) is 5.82 Å². The molecule has 1 aliphatic heterocycles. The van der Waals surface area contributed by atoms with Crippen LogP contribution in [0.1, 0.15) is 61.4 Å². The van der Waals surface area contributed by atoms with Crippen molar-refractivity contribution in [2.24, 2.45) is 0 Å². The van der Waals surface area contributed by atoms with Gasteiger partial charge in [-0.25, -0.2) is 9.37 Å². The predicted molar refractivity (Wildman–Crippen MR) is 143 cm³/mol. The molecule has 2 aromatic rings. The minimum atomic E-state index is -0.780. The summed E-state index contributed by atoms with van der Waals surface area (Å²) in [5.74, 6) is -0.381. The number of aromatic nitrogens is 2. The molecule has 0 spiro atoms. The zero-order valence-corrected chi connectivity index (χ0v) is 21.7. The molecule has 0 radical (unpaired) electrons. The number of carbonyl (C=O) groups excluding carboxylic acids is 1. The number of nitrogens with one attached hydrogen (secondary N) is 1. The summed E-state index contributed by atoms with van der Waals surface area (Å²) < 4.78 is 14.9. The molecule has 37 heavy (non-hydrogen) atoms. The van der Waals surface area contributed by atoms with Crippen LogP contribution in [0.25, 0.3) is 5.70 Å². The molecule has 2 aliphatic carbocycles. The third kappa shape index (κ3) is 6.05. The van der Waals surface area contributed by atoms with Gasteiger partial charge in [-0.15, -0.1) is 0 Å². The van der Waals surface area contributed by atoms with Gasteiger partial charge in [0, 0.05) is 43.4 Å². The van der Waals surface area contributed by atoms with Crippen LogP contribution < -0.4 is 10.9 Å². The van der Waals surface area contributed by atoms with Crippen molar-refractivity contribution in [3.8, 4) is 0 Å². The number of benzene rings is 1. The molecule has 1 fully saturated rings. The molecule has 9 heteroatoms. The molecule has 1 aromatic heterocycles. The maximum Gasteiger partial charge on any atom is 0.263 e. The molecule has 2 heterocycles. The molecule has 7 nitrogen and oxygen atoms in total. The first-order chi connectivity index (χ1) is 18.0. The standard InChI is InChI=1S/C28H33FN4O3S/c29-20-11-9-19(10-12-20)25(34)17-30-15-13-26(35)32-16-14-24-23(18-32)27(36)33(21-5-2-1-3-6-21)28(31-24)37-22-7-4-8-22/h1-2,5,9-12,22,25,30,34H,3-4,6-8,13-18H2/t25-/m0/s1. The van der Waals surface area contributed by atoms with Crippen molar-refractivity contribution < 1.29 is 14.3 Å². The number of amides is 1. The Morgan fingerprint density at radius 2 is 2.05 bits per heavy atom. The van der Waals surface area contributed by atoms with Gasteiger partial charge >= 0.3 is 0 Å². The number of allylic oxidation sites excluding steroid dienone is 4. The second kappa shape index (κ2) is 11.8. The molecule has 196 valence electrons. The molecule has 0 bridgehead atoms. The second-order valence-electron chi connectivity index (χ2n) is 9.84. The lowest BCUT2D eigenvalue weighted by Crippen LogP contribution is -2.42. The summed E-state index contributed by atoms with van der Waals surface area (Å²) >= 11 is 1.72. The number of rotatable bonds is 9. The van der Waals surface area contributed by atoms with E-state index >= 15 is 0 Å². The average molecular weight is 525 g/mol. The van der Waals surface area contributed by atoms with Crippen LogP contribution >= 0.6 is 11.8 Å². The van der Waals surface area contributed by atoms with Gasteiger partial charge < -0.3 is 15.3 Å². The molecule has 3 aliphatic rings. The van der Waals surface area contributed by atoms with Crippen LogP contribution in [0, 0.1) is 5.82 Å². The van der Waals surface area contributed by atoms with Gasteiger partial charge in [-0.2, -0.15) is 0 Å². The molecular formula is C28H33FN4O3S. The number of carbonyl (C=O) groups is 1. The molecule has 5 rings (SSSR count). The Bertz CT molecular complexity index is 1250. The van der Waals surface area contributed by atoms with Gasteiger partial charge in [0.15, 0.2) is 5.16 Å². The summed E-state index contributed by atoms with van der Waals surface area (Å²) in [6.07, 6.45) is 11.4. The number of aliphatic hydroxyl groups is 1. The zero-order valence-electron chi connectivity index (χ0n) is 20.9. The van der Waals surface area contributed by atoms with E-state index in [9.17, 15) is 19.1 Å². The Labute approximate surface area is 220 Å². The van der Waals surface area contributed by atoms with Crippen LogP contribution in [-0.4, -0.2) is 50.3 Å². The number of hydrogen-bond acceptors (Lipinski definition) is 6. The van der Waals surface area contributed by atoms with E-state index in [1.165, 1.54) is 18.6 Å². The second-order valence-corrected chi connectivity index (χ2v) is 11.1. The molecule has 1 aromatic carbocycles. The van der Waals surface area contributed by atoms with Gasteiger partial charge in [-0.3, -0.25) is 14.2 Å². The minimum absolute atomic E-state index is 0.0342. The fourth-order valence-corrected chi connectivity index (χ4v) is 6.14. The lowest BCUT2D eigenvalue weighted by Gasteiger charge is -2.31. The maximum atomic E-state index is 13.7. The number of thioether (sulfide) groups is 1. The summed E-state index contributed by atoms with van der Waals surface area (Å²) in [7, 11) is 0. The lowest BCUT2D eigenvalue weighted by atomic mass is 10.0. The molecule has 2 N–H and O–H groups in total. The third-order valence-corrected chi connectivity index (χ3v) is 8.55. The van der Waals surface area contributed by atoms with Crippen LogP contribution in [0.3, 0.4) is 0 Å². The number of hydrogen-bond donors (Lipinski definition) is 2. The van der Waals surface area contributed by atoms with E-state index in [0.717, 1.165) is 42.2 Å². The lowest BCUT2D eigenvalue weighted by molar-refractivity contribution is -0.132. The number of fused-ring (bicyclic) bond motifs is 1. The summed E-state index contributed by atoms with van der Waals surface area (Å²) in [6.45, 7) is 1.48. The minimum Gasteiger partial charge on any atom is -0.387 e. The van der Waals surface area contributed by atoms with E-state index in [-0.39, 0.29) is 36.8 Å². The Balaban J connectivity index is 1.23. The smallest absolute Gasteiger partial charge is 0.263 e. The Morgan fingerprint density at radius 3 is 2.76 bits per heavy atom. The summed E-state index contributed by atoms with van der Waals surface area (Å²) in [5, 5.41) is 14.7. The summed E-state index contributed by atoms with van der Waals surface area (Å²) in [5.41, 5.74) is 2.98. The first kappa shape index (κ1) is 25.9. The van der Waals surface area contributed by atoms with Crippen molar-refractivity contribution in [3.05, 3.63) is 75.5 Å². The first-order valence-electron chi connectivity index (χ1n) is 13.1. The van der Waals surface area contributed by atoms with Crippen molar-refractivity contribution >= 4 is 23.4 Å². The fraction of sp³-hybridized carbons (Fsp3) is 0.464. The maximum absolute atomic E-state index is 13.7. The number of nitrogens with zero attached hydrogens (tertiary/aromatic N) is 3. The normalized spacial score (nSPS) is 18.2. The van der Waals surface area contributed by atoms with Gasteiger partial charge in [0.2, 0.25) is 5.91 Å². The molecule has 1 amide bonds. The van der Waals surface area contributed by atoms with E-state index in [0.29, 0.717) is 35.9 Å². The molecule has 0 unspecified atom stereocenters. The van der Waals surface area contributed by atoms with E-state index in [2.05, 4.69) is 11.4 Å². The quantitative estimate of drug-likeness (QED) is 0.383. The highest BCUT2D eigenvalue weighted by Gasteiger charge is 2.29. The van der Waals surface area contributed by atoms with Gasteiger partial charge in [-0.1, -0.05) is 42.5 Å². The highest BCUT2D eigenvalue weighted by molar-refractivity contribution is 7.99. The van der Waals surface area contributed by atoms with Crippen molar-refractivity contribution in [1.82, 2.24) is 19.8 Å². The van der Waals surface area contributed by atoms with Crippen LogP contribution in [0.4, 0.5) is 4.39 Å². The van der Waals surface area contributed by atoms with E-state index < -0.39 is 6.10 Å².